The topological polar surface area (TPSA) is 41.6 Å². The average molecular weight is 298 g/mol. The smallest absolute Gasteiger partial charge is 0.338 e. The van der Waals surface area contributed by atoms with E-state index in [1.807, 2.05) is 49.3 Å². The van der Waals surface area contributed by atoms with E-state index in [1.165, 1.54) is 5.56 Å². The molecule has 1 N–H and O–H groups in total. The highest BCUT2D eigenvalue weighted by molar-refractivity contribution is 5.89. The number of hydrogen-bond acceptors (Lipinski definition) is 4. The third kappa shape index (κ3) is 5.22. The molecule has 116 valence electrons. The summed E-state index contributed by atoms with van der Waals surface area (Å²) >= 11 is 0. The number of nitrogens with one attached hydrogen (secondary N) is 1. The van der Waals surface area contributed by atoms with Gasteiger partial charge in [0.15, 0.2) is 0 Å². The molecule has 2 rings (SSSR count). The number of nitrogens with zero attached hydrogens (tertiary/aromatic N) is 1. The van der Waals surface area contributed by atoms with E-state index in [0.717, 1.165) is 18.8 Å². The number of hydrogen-bond donors (Lipinski definition) is 1. The second kappa shape index (κ2) is 8.20. The molecule has 4 nitrogen and oxygen atoms in total. The predicted molar refractivity (Wildman–Crippen MR) is 89.0 cm³/mol. The van der Waals surface area contributed by atoms with Crippen LogP contribution in [0.4, 0.5) is 5.69 Å². The lowest BCUT2D eigenvalue weighted by molar-refractivity contribution is 0.0482. The fourth-order valence-electron chi connectivity index (χ4n) is 1.93. The molecule has 0 aliphatic carbocycles. The first-order valence-electron chi connectivity index (χ1n) is 7.35. The predicted octanol–water partition coefficient (Wildman–Crippen LogP) is 3.02. The summed E-state index contributed by atoms with van der Waals surface area (Å²) < 4.78 is 5.21. The van der Waals surface area contributed by atoms with Crippen LogP contribution in [0.25, 0.3) is 0 Å². The Morgan fingerprint density at radius 1 is 1.05 bits per heavy atom. The first-order valence-corrected chi connectivity index (χ1v) is 7.35. The highest BCUT2D eigenvalue weighted by Gasteiger charge is 2.06. The molecule has 4 heteroatoms. The second-order valence-electron chi connectivity index (χ2n) is 5.36. The summed E-state index contributed by atoms with van der Waals surface area (Å²) in [6.07, 6.45) is 0. The van der Waals surface area contributed by atoms with Crippen LogP contribution in [0.1, 0.15) is 15.9 Å². The van der Waals surface area contributed by atoms with Gasteiger partial charge >= 0.3 is 5.97 Å². The van der Waals surface area contributed by atoms with Gasteiger partial charge in [0.25, 0.3) is 0 Å². The van der Waals surface area contributed by atoms with E-state index < -0.39 is 0 Å². The van der Waals surface area contributed by atoms with Crippen LogP contribution < -0.4 is 5.32 Å². The molecular weight excluding hydrogens is 276 g/mol. The minimum Gasteiger partial charge on any atom is -0.461 e. The lowest BCUT2D eigenvalue weighted by Crippen LogP contribution is -2.20. The SMILES string of the molecule is CN(C)CCOC(=O)c1ccc(NCc2ccccc2)cc1. The lowest BCUT2D eigenvalue weighted by Gasteiger charge is -2.10. The number of esters is 1. The summed E-state index contributed by atoms with van der Waals surface area (Å²) in [6.45, 7) is 1.88. The van der Waals surface area contributed by atoms with Crippen LogP contribution in [0, 0.1) is 0 Å². The number of benzene rings is 2. The maximum atomic E-state index is 11.9. The standard InChI is InChI=1S/C18H22N2O2/c1-20(2)12-13-22-18(21)16-8-10-17(11-9-16)19-14-15-6-4-3-5-7-15/h3-11,19H,12-14H2,1-2H3. The van der Waals surface area contributed by atoms with E-state index in [2.05, 4.69) is 17.4 Å². The van der Waals surface area contributed by atoms with Gasteiger partial charge in [-0.05, 0) is 43.9 Å². The monoisotopic (exact) mass is 298 g/mol. The average Bonchev–Trinajstić information content (AvgIpc) is 2.54. The summed E-state index contributed by atoms with van der Waals surface area (Å²) in [7, 11) is 3.89. The summed E-state index contributed by atoms with van der Waals surface area (Å²) in [5, 5.41) is 3.33. The van der Waals surface area contributed by atoms with Crippen LogP contribution in [0.15, 0.2) is 54.6 Å². The molecule has 2 aromatic carbocycles. The Hall–Kier alpha value is -2.33. The Kier molecular flexibility index (Phi) is 5.98. The van der Waals surface area contributed by atoms with E-state index in [1.54, 1.807) is 12.1 Å². The number of carbonyl (C=O) groups excluding carboxylic acids is 1. The van der Waals surface area contributed by atoms with Crippen LogP contribution in [0.2, 0.25) is 0 Å². The second-order valence-corrected chi connectivity index (χ2v) is 5.36. The number of carbonyl (C=O) groups is 1. The molecule has 0 saturated carbocycles. The van der Waals surface area contributed by atoms with Crippen molar-refractivity contribution in [3.8, 4) is 0 Å². The molecule has 0 unspecified atom stereocenters. The summed E-state index contributed by atoms with van der Waals surface area (Å²) in [5.41, 5.74) is 2.77. The molecule has 0 heterocycles. The molecular formula is C18H22N2O2. The molecule has 0 saturated heterocycles. The molecule has 22 heavy (non-hydrogen) atoms. The molecule has 0 bridgehead atoms. The lowest BCUT2D eigenvalue weighted by atomic mass is 10.2. The zero-order valence-electron chi connectivity index (χ0n) is 13.1. The Labute approximate surface area is 131 Å². The van der Waals surface area contributed by atoms with Crippen molar-refractivity contribution in [2.45, 2.75) is 6.54 Å². The van der Waals surface area contributed by atoms with E-state index in [4.69, 9.17) is 4.74 Å². The van der Waals surface area contributed by atoms with Gasteiger partial charge in [-0.2, -0.15) is 0 Å². The van der Waals surface area contributed by atoms with Gasteiger partial charge in [-0.3, -0.25) is 0 Å². The van der Waals surface area contributed by atoms with Crippen molar-refractivity contribution in [1.82, 2.24) is 4.90 Å². The number of likely N-dealkylation sites (N-methyl/N-ethyl adjacent to an activating group) is 1. The molecule has 0 fully saturated rings. The molecule has 0 aromatic heterocycles. The van der Waals surface area contributed by atoms with Crippen LogP contribution in [-0.4, -0.2) is 38.1 Å². The molecule has 0 amide bonds. The maximum absolute atomic E-state index is 11.9. The first-order chi connectivity index (χ1) is 10.6. The molecule has 0 radical (unpaired) electrons. The zero-order chi connectivity index (χ0) is 15.8. The van der Waals surface area contributed by atoms with Gasteiger partial charge < -0.3 is 15.0 Å². The van der Waals surface area contributed by atoms with Crippen molar-refractivity contribution in [1.29, 1.82) is 0 Å². The Morgan fingerprint density at radius 3 is 2.36 bits per heavy atom. The van der Waals surface area contributed by atoms with E-state index in [0.29, 0.717) is 12.2 Å². The zero-order valence-corrected chi connectivity index (χ0v) is 13.1. The van der Waals surface area contributed by atoms with Crippen LogP contribution in [-0.2, 0) is 11.3 Å². The van der Waals surface area contributed by atoms with Crippen LogP contribution >= 0.6 is 0 Å². The molecule has 2 aromatic rings. The minimum atomic E-state index is -0.281. The van der Waals surface area contributed by atoms with E-state index in [9.17, 15) is 4.79 Å². The number of ether oxygens (including phenoxy) is 1. The molecule has 0 spiro atoms. The summed E-state index contributed by atoms with van der Waals surface area (Å²) in [4.78, 5) is 13.8. The van der Waals surface area contributed by atoms with Gasteiger partial charge in [0, 0.05) is 18.8 Å². The van der Waals surface area contributed by atoms with Gasteiger partial charge in [-0.1, -0.05) is 30.3 Å². The highest BCUT2D eigenvalue weighted by atomic mass is 16.5. The first kappa shape index (κ1) is 16.0. The fourth-order valence-corrected chi connectivity index (χ4v) is 1.93. The summed E-state index contributed by atoms with van der Waals surface area (Å²) in [5.74, 6) is -0.281. The van der Waals surface area contributed by atoms with Gasteiger partial charge in [0.1, 0.15) is 6.61 Å². The van der Waals surface area contributed by atoms with Gasteiger partial charge in [0.2, 0.25) is 0 Å². The normalized spacial score (nSPS) is 10.5. The van der Waals surface area contributed by atoms with Crippen molar-refractivity contribution < 1.29 is 9.53 Å². The maximum Gasteiger partial charge on any atom is 0.338 e. The Balaban J connectivity index is 1.83. The summed E-state index contributed by atoms with van der Waals surface area (Å²) in [6, 6.07) is 17.5. The van der Waals surface area contributed by atoms with Crippen molar-refractivity contribution in [3.05, 3.63) is 65.7 Å². The van der Waals surface area contributed by atoms with Crippen molar-refractivity contribution in [3.63, 3.8) is 0 Å². The molecule has 0 aliphatic heterocycles. The van der Waals surface area contributed by atoms with Crippen molar-refractivity contribution in [2.24, 2.45) is 0 Å². The van der Waals surface area contributed by atoms with Crippen molar-refractivity contribution >= 4 is 11.7 Å². The fraction of sp³-hybridized carbons (Fsp3) is 0.278. The number of rotatable bonds is 7. The highest BCUT2D eigenvalue weighted by Crippen LogP contribution is 2.12. The van der Waals surface area contributed by atoms with Gasteiger partial charge in [-0.15, -0.1) is 0 Å². The molecule has 0 aliphatic rings. The van der Waals surface area contributed by atoms with E-state index >= 15 is 0 Å². The third-order valence-electron chi connectivity index (χ3n) is 3.23. The van der Waals surface area contributed by atoms with Crippen LogP contribution in [0.3, 0.4) is 0 Å². The van der Waals surface area contributed by atoms with Crippen molar-refractivity contribution in [2.75, 3.05) is 32.6 Å². The van der Waals surface area contributed by atoms with Crippen LogP contribution in [0.5, 0.6) is 0 Å². The van der Waals surface area contributed by atoms with Gasteiger partial charge in [0.05, 0.1) is 5.56 Å². The third-order valence-corrected chi connectivity index (χ3v) is 3.23. The largest absolute Gasteiger partial charge is 0.461 e. The number of anilines is 1. The van der Waals surface area contributed by atoms with Gasteiger partial charge in [-0.25, -0.2) is 4.79 Å². The van der Waals surface area contributed by atoms with E-state index in [-0.39, 0.29) is 5.97 Å². The minimum absolute atomic E-state index is 0.281. The molecule has 0 atom stereocenters. The Bertz CT molecular complexity index is 580. The quantitative estimate of drug-likeness (QED) is 0.798. The Morgan fingerprint density at radius 2 is 1.73 bits per heavy atom.